The number of ether oxygens (including phenoxy) is 2. The Kier molecular flexibility index (Phi) is 7.27. The number of hydrogen-bond acceptors (Lipinski definition) is 6. The quantitative estimate of drug-likeness (QED) is 0.520. The number of carbonyl (C=O) groups is 2. The highest BCUT2D eigenvalue weighted by Crippen LogP contribution is 2.19. The molecule has 0 aliphatic rings. The van der Waals surface area contributed by atoms with Gasteiger partial charge in [0.05, 0.1) is 10.5 Å². The summed E-state index contributed by atoms with van der Waals surface area (Å²) in [6, 6.07) is 22.2. The maximum Gasteiger partial charge on any atom is 0.340 e. The smallest absolute Gasteiger partial charge is 0.340 e. The van der Waals surface area contributed by atoms with Gasteiger partial charge in [0.15, 0.2) is 15.9 Å². The molecular weight excluding hydrogens is 430 g/mol. The monoisotopic (exact) mass is 453 g/mol. The second-order valence-electron chi connectivity index (χ2n) is 7.10. The van der Waals surface area contributed by atoms with Crippen LogP contribution in [-0.4, -0.2) is 32.7 Å². The van der Waals surface area contributed by atoms with Gasteiger partial charge in [0.2, 0.25) is 0 Å². The van der Waals surface area contributed by atoms with E-state index < -0.39 is 27.8 Å². The van der Waals surface area contributed by atoms with Crippen molar-refractivity contribution >= 4 is 27.4 Å². The van der Waals surface area contributed by atoms with Crippen LogP contribution in [0.15, 0.2) is 83.8 Å². The number of benzene rings is 3. The van der Waals surface area contributed by atoms with Crippen LogP contribution in [0.5, 0.6) is 5.75 Å². The number of hydrogen-bond donors (Lipinski definition) is 1. The van der Waals surface area contributed by atoms with E-state index in [0.717, 1.165) is 11.8 Å². The number of nitrogens with one attached hydrogen (secondary N) is 1. The minimum atomic E-state index is -3.62. The zero-order valence-corrected chi connectivity index (χ0v) is 18.5. The lowest BCUT2D eigenvalue weighted by molar-refractivity contribution is -0.123. The summed E-state index contributed by atoms with van der Waals surface area (Å²) in [5.41, 5.74) is 1.43. The number of esters is 1. The Bertz CT molecular complexity index is 1190. The lowest BCUT2D eigenvalue weighted by Gasteiger charge is -2.15. The molecule has 1 N–H and O–H groups in total. The predicted octanol–water partition coefficient (Wildman–Crippen LogP) is 3.85. The molecule has 0 radical (unpaired) electrons. The maximum atomic E-state index is 12.4. The van der Waals surface area contributed by atoms with Gasteiger partial charge in [0.25, 0.3) is 5.91 Å². The van der Waals surface area contributed by atoms with Crippen molar-refractivity contribution in [2.75, 3.05) is 11.6 Å². The van der Waals surface area contributed by atoms with Crippen molar-refractivity contribution in [1.29, 1.82) is 0 Å². The van der Waals surface area contributed by atoms with Crippen LogP contribution < -0.4 is 10.1 Å². The topological polar surface area (TPSA) is 98.8 Å². The number of rotatable bonds is 8. The van der Waals surface area contributed by atoms with Crippen LogP contribution >= 0.6 is 0 Å². The van der Waals surface area contributed by atoms with Crippen LogP contribution in [0.1, 0.15) is 22.8 Å². The third-order valence-corrected chi connectivity index (χ3v) is 5.68. The molecule has 166 valence electrons. The van der Waals surface area contributed by atoms with E-state index in [2.05, 4.69) is 5.32 Å². The first-order valence-electron chi connectivity index (χ1n) is 9.82. The first-order chi connectivity index (χ1) is 15.2. The fourth-order valence-electron chi connectivity index (χ4n) is 2.86. The lowest BCUT2D eigenvalue weighted by atomic mass is 10.2. The molecule has 8 heteroatoms. The van der Waals surface area contributed by atoms with Gasteiger partial charge in [-0.15, -0.1) is 0 Å². The molecule has 3 aromatic carbocycles. The molecule has 1 amide bonds. The van der Waals surface area contributed by atoms with Crippen LogP contribution in [0, 0.1) is 0 Å². The molecule has 3 rings (SSSR count). The van der Waals surface area contributed by atoms with Gasteiger partial charge in [-0.1, -0.05) is 42.5 Å². The fraction of sp³-hybridized carbons (Fsp3) is 0.167. The van der Waals surface area contributed by atoms with E-state index in [-0.39, 0.29) is 10.5 Å². The molecule has 0 heterocycles. The Balaban J connectivity index is 1.57. The molecule has 32 heavy (non-hydrogen) atoms. The van der Waals surface area contributed by atoms with E-state index >= 15 is 0 Å². The molecule has 7 nitrogen and oxygen atoms in total. The van der Waals surface area contributed by atoms with E-state index in [1.54, 1.807) is 24.3 Å². The van der Waals surface area contributed by atoms with E-state index in [4.69, 9.17) is 9.47 Å². The molecule has 0 fully saturated rings. The average molecular weight is 454 g/mol. The summed E-state index contributed by atoms with van der Waals surface area (Å²) in [7, 11) is -3.62. The predicted molar refractivity (Wildman–Crippen MR) is 120 cm³/mol. The molecular formula is C24H23NO6S. The van der Waals surface area contributed by atoms with E-state index in [9.17, 15) is 18.0 Å². The summed E-state index contributed by atoms with van der Waals surface area (Å²) < 4.78 is 34.6. The van der Waals surface area contributed by atoms with E-state index in [1.807, 2.05) is 30.3 Å². The molecule has 0 aliphatic carbocycles. The normalized spacial score (nSPS) is 11.9. The zero-order chi connectivity index (χ0) is 23.1. The van der Waals surface area contributed by atoms with Crippen molar-refractivity contribution in [3.8, 4) is 5.75 Å². The van der Waals surface area contributed by atoms with Gasteiger partial charge in [0.1, 0.15) is 12.4 Å². The minimum absolute atomic E-state index is 0.116. The van der Waals surface area contributed by atoms with Crippen molar-refractivity contribution in [2.45, 2.75) is 24.5 Å². The van der Waals surface area contributed by atoms with Gasteiger partial charge < -0.3 is 14.8 Å². The third kappa shape index (κ3) is 6.18. The highest BCUT2D eigenvalue weighted by molar-refractivity contribution is 7.90. The second kappa shape index (κ2) is 10.1. The molecule has 1 unspecified atom stereocenters. The molecule has 3 aromatic rings. The number of sulfone groups is 1. The van der Waals surface area contributed by atoms with Gasteiger partial charge in [0, 0.05) is 11.9 Å². The summed E-state index contributed by atoms with van der Waals surface area (Å²) in [6.07, 6.45) is -0.133. The SMILES string of the molecule is CC(OC(=O)c1ccccc1S(C)(=O)=O)C(=O)Nc1ccc(OCc2ccccc2)cc1. The van der Waals surface area contributed by atoms with Crippen molar-refractivity contribution in [3.63, 3.8) is 0 Å². The molecule has 0 saturated heterocycles. The molecule has 0 bridgehead atoms. The van der Waals surface area contributed by atoms with Crippen molar-refractivity contribution in [2.24, 2.45) is 0 Å². The number of anilines is 1. The van der Waals surface area contributed by atoms with Crippen LogP contribution in [0.25, 0.3) is 0 Å². The van der Waals surface area contributed by atoms with E-state index in [0.29, 0.717) is 18.0 Å². The standard InChI is InChI=1S/C24H23NO6S/c1-17(31-24(27)21-10-6-7-11-22(21)32(2,28)29)23(26)25-19-12-14-20(15-13-19)30-16-18-8-4-3-5-9-18/h3-15,17H,16H2,1-2H3,(H,25,26). The lowest BCUT2D eigenvalue weighted by Crippen LogP contribution is -2.30. The van der Waals surface area contributed by atoms with Crippen LogP contribution in [0.3, 0.4) is 0 Å². The van der Waals surface area contributed by atoms with Gasteiger partial charge in [-0.25, -0.2) is 13.2 Å². The largest absolute Gasteiger partial charge is 0.489 e. The molecule has 0 spiro atoms. The van der Waals surface area contributed by atoms with Gasteiger partial charge >= 0.3 is 5.97 Å². The first-order valence-corrected chi connectivity index (χ1v) is 11.7. The summed E-state index contributed by atoms with van der Waals surface area (Å²) in [6.45, 7) is 1.84. The highest BCUT2D eigenvalue weighted by Gasteiger charge is 2.23. The van der Waals surface area contributed by atoms with Gasteiger partial charge in [-0.05, 0) is 48.9 Å². The summed E-state index contributed by atoms with van der Waals surface area (Å²) in [5.74, 6) is -0.796. The van der Waals surface area contributed by atoms with Crippen LogP contribution in [-0.2, 0) is 26.0 Å². The van der Waals surface area contributed by atoms with Crippen molar-refractivity contribution in [3.05, 3.63) is 90.0 Å². The van der Waals surface area contributed by atoms with Crippen LogP contribution in [0.2, 0.25) is 0 Å². The second-order valence-corrected chi connectivity index (χ2v) is 9.09. The zero-order valence-electron chi connectivity index (χ0n) is 17.6. The van der Waals surface area contributed by atoms with Gasteiger partial charge in [-0.2, -0.15) is 0 Å². The first kappa shape index (κ1) is 23.0. The minimum Gasteiger partial charge on any atom is -0.489 e. The van der Waals surface area contributed by atoms with Crippen molar-refractivity contribution < 1.29 is 27.5 Å². The number of carbonyl (C=O) groups excluding carboxylic acids is 2. The fourth-order valence-corrected chi connectivity index (χ4v) is 3.73. The Morgan fingerprint density at radius 1 is 0.906 bits per heavy atom. The number of amides is 1. The highest BCUT2D eigenvalue weighted by atomic mass is 32.2. The Morgan fingerprint density at radius 3 is 2.19 bits per heavy atom. The molecule has 0 saturated carbocycles. The average Bonchev–Trinajstić information content (AvgIpc) is 2.78. The van der Waals surface area contributed by atoms with Crippen molar-refractivity contribution in [1.82, 2.24) is 0 Å². The summed E-state index contributed by atoms with van der Waals surface area (Å²) in [4.78, 5) is 24.7. The molecule has 1 atom stereocenters. The molecule has 0 aliphatic heterocycles. The summed E-state index contributed by atoms with van der Waals surface area (Å²) >= 11 is 0. The van der Waals surface area contributed by atoms with Gasteiger partial charge in [-0.3, -0.25) is 4.79 Å². The van der Waals surface area contributed by atoms with E-state index in [1.165, 1.54) is 31.2 Å². The maximum absolute atomic E-state index is 12.4. The Labute approximate surface area is 186 Å². The Morgan fingerprint density at radius 2 is 1.53 bits per heavy atom. The van der Waals surface area contributed by atoms with Crippen LogP contribution in [0.4, 0.5) is 5.69 Å². The third-order valence-electron chi connectivity index (χ3n) is 4.53. The summed E-state index contributed by atoms with van der Waals surface area (Å²) in [5, 5.41) is 2.65. The molecule has 0 aromatic heterocycles. The Hall–Kier alpha value is -3.65.